The average molecular weight is 220 g/mol. The fraction of sp³-hybridized carbons (Fsp3) is 0.625. The zero-order valence-corrected chi connectivity index (χ0v) is 11.0. The molecule has 0 aromatic carbocycles. The second kappa shape index (κ2) is 14.2. The van der Waals surface area contributed by atoms with Crippen molar-refractivity contribution in [3.63, 3.8) is 0 Å². The van der Waals surface area contributed by atoms with Gasteiger partial charge in [-0.3, -0.25) is 0 Å². The van der Waals surface area contributed by atoms with Crippen molar-refractivity contribution in [2.45, 2.75) is 64.7 Å². The molecule has 0 heterocycles. The van der Waals surface area contributed by atoms with Crippen LogP contribution in [0.5, 0.6) is 0 Å². The number of unbranched alkanes of at least 4 members (excludes halogenated alkanes) is 6. The van der Waals surface area contributed by atoms with Crippen LogP contribution in [0.4, 0.5) is 0 Å². The summed E-state index contributed by atoms with van der Waals surface area (Å²) in [6.07, 6.45) is 22.6. The fourth-order valence-corrected chi connectivity index (χ4v) is 1.54. The van der Waals surface area contributed by atoms with Crippen LogP contribution in [0.2, 0.25) is 0 Å². The van der Waals surface area contributed by atoms with Gasteiger partial charge in [0.1, 0.15) is 0 Å². The molecule has 0 heteroatoms. The summed E-state index contributed by atoms with van der Waals surface area (Å²) in [5, 5.41) is 0. The molecule has 0 radical (unpaired) electrons. The molecule has 0 fully saturated rings. The summed E-state index contributed by atoms with van der Waals surface area (Å²) in [5.41, 5.74) is 0. The molecule has 0 saturated heterocycles. The van der Waals surface area contributed by atoms with Crippen molar-refractivity contribution in [3.05, 3.63) is 37.0 Å². The smallest absolute Gasteiger partial charge is 0.0348 e. The van der Waals surface area contributed by atoms with E-state index in [0.29, 0.717) is 0 Å². The topological polar surface area (TPSA) is 0 Å². The van der Waals surface area contributed by atoms with Gasteiger partial charge in [0.05, 0.1) is 0 Å². The normalized spacial score (nSPS) is 11.6. The Balaban J connectivity index is 3.11. The standard InChI is InChI=1S/C16H28/c1-3-5-7-9-11-13-15-16-14-12-10-8-6-4-2/h3,8,10-11,13H,1,4-7,9,12,14-16H2,2H3. The molecule has 16 heavy (non-hydrogen) atoms. The highest BCUT2D eigenvalue weighted by atomic mass is 13.9. The van der Waals surface area contributed by atoms with Crippen LogP contribution < -0.4 is 0 Å². The van der Waals surface area contributed by atoms with Gasteiger partial charge in [-0.15, -0.1) is 6.58 Å². The quantitative estimate of drug-likeness (QED) is 0.304. The third kappa shape index (κ3) is 13.2. The summed E-state index contributed by atoms with van der Waals surface area (Å²) in [4.78, 5) is 0. The first kappa shape index (κ1) is 15.2. The molecule has 0 aliphatic heterocycles. The van der Waals surface area contributed by atoms with Gasteiger partial charge in [-0.05, 0) is 51.4 Å². The van der Waals surface area contributed by atoms with Crippen LogP contribution in [0.3, 0.4) is 0 Å². The second-order valence-corrected chi connectivity index (χ2v) is 4.24. The van der Waals surface area contributed by atoms with Gasteiger partial charge in [0.15, 0.2) is 0 Å². The predicted molar refractivity (Wildman–Crippen MR) is 75.7 cm³/mol. The van der Waals surface area contributed by atoms with Gasteiger partial charge < -0.3 is 0 Å². The molecular formula is C16H28. The van der Waals surface area contributed by atoms with Crippen LogP contribution in [0, 0.1) is 0 Å². The molecule has 0 aliphatic carbocycles. The van der Waals surface area contributed by atoms with Gasteiger partial charge in [0, 0.05) is 0 Å². The molecule has 0 bridgehead atoms. The average Bonchev–Trinajstić information content (AvgIpc) is 2.31. The van der Waals surface area contributed by atoms with Crippen LogP contribution in [0.25, 0.3) is 0 Å². The van der Waals surface area contributed by atoms with Crippen molar-refractivity contribution in [1.29, 1.82) is 0 Å². The van der Waals surface area contributed by atoms with E-state index < -0.39 is 0 Å². The molecule has 0 spiro atoms. The monoisotopic (exact) mass is 220 g/mol. The Hall–Kier alpha value is -0.780. The maximum absolute atomic E-state index is 3.72. The molecule has 0 amide bonds. The summed E-state index contributed by atoms with van der Waals surface area (Å²) in [5.74, 6) is 0. The Morgan fingerprint density at radius 2 is 1.19 bits per heavy atom. The van der Waals surface area contributed by atoms with E-state index in [9.17, 15) is 0 Å². The van der Waals surface area contributed by atoms with Crippen LogP contribution in [-0.2, 0) is 0 Å². The summed E-state index contributed by atoms with van der Waals surface area (Å²) < 4.78 is 0. The van der Waals surface area contributed by atoms with E-state index in [1.165, 1.54) is 51.4 Å². The first-order chi connectivity index (χ1) is 7.91. The molecule has 0 rings (SSSR count). The van der Waals surface area contributed by atoms with E-state index in [-0.39, 0.29) is 0 Å². The molecule has 0 unspecified atom stereocenters. The molecule has 0 N–H and O–H groups in total. The second-order valence-electron chi connectivity index (χ2n) is 4.24. The molecule has 0 aliphatic rings. The number of hydrogen-bond acceptors (Lipinski definition) is 0. The maximum atomic E-state index is 3.72. The van der Waals surface area contributed by atoms with Crippen LogP contribution in [0.15, 0.2) is 37.0 Å². The number of allylic oxidation sites excluding steroid dienone is 5. The highest BCUT2D eigenvalue weighted by Crippen LogP contribution is 2.04. The predicted octanol–water partition coefficient (Wildman–Crippen LogP) is 5.82. The lowest BCUT2D eigenvalue weighted by atomic mass is 10.1. The van der Waals surface area contributed by atoms with Gasteiger partial charge in [0.2, 0.25) is 0 Å². The van der Waals surface area contributed by atoms with Crippen molar-refractivity contribution in [3.8, 4) is 0 Å². The molecule has 92 valence electrons. The lowest BCUT2D eigenvalue weighted by molar-refractivity contribution is 0.756. The number of rotatable bonds is 11. The van der Waals surface area contributed by atoms with Crippen molar-refractivity contribution < 1.29 is 0 Å². The van der Waals surface area contributed by atoms with Crippen molar-refractivity contribution in [2.24, 2.45) is 0 Å². The van der Waals surface area contributed by atoms with Crippen molar-refractivity contribution in [2.75, 3.05) is 0 Å². The third-order valence-electron chi connectivity index (χ3n) is 2.56. The van der Waals surface area contributed by atoms with Gasteiger partial charge in [-0.1, -0.05) is 43.7 Å². The summed E-state index contributed by atoms with van der Waals surface area (Å²) in [7, 11) is 0. The molecule has 0 saturated carbocycles. The zero-order chi connectivity index (χ0) is 11.9. The number of hydrogen-bond donors (Lipinski definition) is 0. The van der Waals surface area contributed by atoms with E-state index in [1.807, 2.05) is 6.08 Å². The molecule has 0 aromatic heterocycles. The van der Waals surface area contributed by atoms with E-state index in [2.05, 4.69) is 37.8 Å². The van der Waals surface area contributed by atoms with E-state index >= 15 is 0 Å². The van der Waals surface area contributed by atoms with Gasteiger partial charge in [-0.25, -0.2) is 0 Å². The van der Waals surface area contributed by atoms with Crippen molar-refractivity contribution >= 4 is 0 Å². The minimum Gasteiger partial charge on any atom is -0.103 e. The van der Waals surface area contributed by atoms with Crippen LogP contribution in [0.1, 0.15) is 64.7 Å². The molecule has 0 nitrogen and oxygen atoms in total. The Kier molecular flexibility index (Phi) is 13.5. The van der Waals surface area contributed by atoms with Crippen molar-refractivity contribution in [1.82, 2.24) is 0 Å². The largest absolute Gasteiger partial charge is 0.103 e. The Morgan fingerprint density at radius 3 is 1.69 bits per heavy atom. The lowest BCUT2D eigenvalue weighted by Crippen LogP contribution is -1.73. The van der Waals surface area contributed by atoms with E-state index in [0.717, 1.165) is 6.42 Å². The Labute approximate surface area is 102 Å². The first-order valence-electron chi connectivity index (χ1n) is 6.82. The Morgan fingerprint density at radius 1 is 0.688 bits per heavy atom. The van der Waals surface area contributed by atoms with Crippen LogP contribution in [-0.4, -0.2) is 0 Å². The van der Waals surface area contributed by atoms with E-state index in [1.54, 1.807) is 0 Å². The minimum absolute atomic E-state index is 1.15. The third-order valence-corrected chi connectivity index (χ3v) is 2.56. The van der Waals surface area contributed by atoms with Gasteiger partial charge >= 0.3 is 0 Å². The lowest BCUT2D eigenvalue weighted by Gasteiger charge is -1.94. The molecule has 0 aromatic rings. The summed E-state index contributed by atoms with van der Waals surface area (Å²) >= 11 is 0. The summed E-state index contributed by atoms with van der Waals surface area (Å²) in [6.45, 7) is 5.94. The first-order valence-corrected chi connectivity index (χ1v) is 6.82. The highest BCUT2D eigenvalue weighted by molar-refractivity contribution is 4.84. The zero-order valence-electron chi connectivity index (χ0n) is 11.0. The van der Waals surface area contributed by atoms with Gasteiger partial charge in [-0.2, -0.15) is 0 Å². The molecule has 0 atom stereocenters. The molecular weight excluding hydrogens is 192 g/mol. The Bertz CT molecular complexity index is 186. The highest BCUT2D eigenvalue weighted by Gasteiger charge is 1.84. The SMILES string of the molecule is C=CCCCC=CCCCCC=CCCC. The van der Waals surface area contributed by atoms with Gasteiger partial charge in [0.25, 0.3) is 0 Å². The fourth-order valence-electron chi connectivity index (χ4n) is 1.54. The van der Waals surface area contributed by atoms with Crippen LogP contribution >= 0.6 is 0 Å². The maximum Gasteiger partial charge on any atom is -0.0348 e. The minimum atomic E-state index is 1.15. The van der Waals surface area contributed by atoms with E-state index in [4.69, 9.17) is 0 Å². The summed E-state index contributed by atoms with van der Waals surface area (Å²) in [6, 6.07) is 0.